The van der Waals surface area contributed by atoms with Gasteiger partial charge in [-0.15, -0.1) is 0 Å². The lowest BCUT2D eigenvalue weighted by molar-refractivity contribution is -0.692. The number of imide groups is 1. The van der Waals surface area contributed by atoms with E-state index in [1.54, 1.807) is 0 Å². The molecule has 25 heavy (non-hydrogen) atoms. The highest BCUT2D eigenvalue weighted by atomic mass is 16.2. The van der Waals surface area contributed by atoms with Crippen molar-refractivity contribution < 1.29 is 14.9 Å². The summed E-state index contributed by atoms with van der Waals surface area (Å²) in [5.41, 5.74) is 2.55. The van der Waals surface area contributed by atoms with Gasteiger partial charge in [0.15, 0.2) is 6.54 Å². The summed E-state index contributed by atoms with van der Waals surface area (Å²) in [7, 11) is 0. The maximum absolute atomic E-state index is 12.0. The Morgan fingerprint density at radius 3 is 2.04 bits per heavy atom. The third kappa shape index (κ3) is 7.26. The number of nitrogens with two attached hydrogens (primary N) is 1. The maximum atomic E-state index is 12.0. The fourth-order valence-corrected chi connectivity index (χ4v) is 2.79. The van der Waals surface area contributed by atoms with Gasteiger partial charge in [0.25, 0.3) is 5.91 Å². The molecule has 1 rings (SSSR count). The summed E-state index contributed by atoms with van der Waals surface area (Å²) in [5, 5.41) is 7.02. The van der Waals surface area contributed by atoms with Crippen LogP contribution in [0.2, 0.25) is 0 Å². The van der Waals surface area contributed by atoms with E-state index in [4.69, 9.17) is 0 Å². The summed E-state index contributed by atoms with van der Waals surface area (Å²) in [6.45, 7) is 12.6. The van der Waals surface area contributed by atoms with Gasteiger partial charge in [-0.1, -0.05) is 52.0 Å². The van der Waals surface area contributed by atoms with Crippen molar-refractivity contribution in [3.05, 3.63) is 35.4 Å². The number of benzene rings is 1. The van der Waals surface area contributed by atoms with E-state index in [-0.39, 0.29) is 24.5 Å². The van der Waals surface area contributed by atoms with Gasteiger partial charge >= 0.3 is 6.03 Å². The number of nitrogens with one attached hydrogen (secondary N) is 2. The molecule has 140 valence electrons. The Hall–Kier alpha value is -1.88. The lowest BCUT2D eigenvalue weighted by Crippen LogP contribution is -2.88. The van der Waals surface area contributed by atoms with Crippen LogP contribution in [-0.4, -0.2) is 24.5 Å². The van der Waals surface area contributed by atoms with Crippen molar-refractivity contribution in [2.45, 2.75) is 66.0 Å². The van der Waals surface area contributed by atoms with Crippen molar-refractivity contribution in [1.29, 1.82) is 0 Å². The fraction of sp³-hybridized carbons (Fsp3) is 0.600. The van der Waals surface area contributed by atoms with E-state index in [1.165, 1.54) is 11.1 Å². The van der Waals surface area contributed by atoms with Gasteiger partial charge in [0, 0.05) is 17.5 Å². The molecule has 5 heteroatoms. The Morgan fingerprint density at radius 2 is 1.56 bits per heavy atom. The topological polar surface area (TPSA) is 74.8 Å². The molecule has 0 saturated carbocycles. The molecule has 0 heterocycles. The Labute approximate surface area is 152 Å². The van der Waals surface area contributed by atoms with Crippen molar-refractivity contribution in [3.63, 3.8) is 0 Å². The smallest absolute Gasteiger partial charge is 0.321 e. The lowest BCUT2D eigenvalue weighted by atomic mass is 9.92. The maximum Gasteiger partial charge on any atom is 0.321 e. The van der Waals surface area contributed by atoms with Gasteiger partial charge in [-0.2, -0.15) is 0 Å². The van der Waals surface area contributed by atoms with Crippen LogP contribution in [0.4, 0.5) is 4.79 Å². The lowest BCUT2D eigenvalue weighted by Gasteiger charge is -2.20. The Bertz CT molecular complexity index is 553. The summed E-state index contributed by atoms with van der Waals surface area (Å²) >= 11 is 0. The molecule has 0 aromatic heterocycles. The largest absolute Gasteiger partial charge is 0.336 e. The molecule has 0 aliphatic heterocycles. The van der Waals surface area contributed by atoms with E-state index in [0.29, 0.717) is 11.8 Å². The van der Waals surface area contributed by atoms with Crippen molar-refractivity contribution in [1.82, 2.24) is 10.6 Å². The van der Waals surface area contributed by atoms with Gasteiger partial charge < -0.3 is 10.6 Å². The van der Waals surface area contributed by atoms with E-state index in [9.17, 15) is 9.59 Å². The molecule has 0 unspecified atom stereocenters. The van der Waals surface area contributed by atoms with E-state index < -0.39 is 6.03 Å². The SMILES string of the molecule is CC[C@@H](C)c1ccc([C@@H]([NH2+]CC(=O)NC(=O)NC(C)C)C(C)C)cc1. The number of carbonyl (C=O) groups excluding carboxylic acids is 2. The first-order valence-corrected chi connectivity index (χ1v) is 9.28. The van der Waals surface area contributed by atoms with E-state index in [2.05, 4.69) is 62.6 Å². The van der Waals surface area contributed by atoms with Crippen LogP contribution in [0.25, 0.3) is 0 Å². The van der Waals surface area contributed by atoms with Crippen LogP contribution in [-0.2, 0) is 4.79 Å². The molecule has 1 aromatic rings. The molecule has 0 bridgehead atoms. The van der Waals surface area contributed by atoms with Gasteiger partial charge in [0.1, 0.15) is 6.04 Å². The van der Waals surface area contributed by atoms with Crippen LogP contribution in [0.15, 0.2) is 24.3 Å². The van der Waals surface area contributed by atoms with Gasteiger partial charge in [0.05, 0.1) is 0 Å². The summed E-state index contributed by atoms with van der Waals surface area (Å²) in [4.78, 5) is 23.6. The first-order chi connectivity index (χ1) is 11.7. The predicted molar refractivity (Wildman–Crippen MR) is 101 cm³/mol. The second-order valence-electron chi connectivity index (χ2n) is 7.36. The van der Waals surface area contributed by atoms with Gasteiger partial charge in [-0.25, -0.2) is 4.79 Å². The number of hydrogen-bond acceptors (Lipinski definition) is 2. The summed E-state index contributed by atoms with van der Waals surface area (Å²) in [5.74, 6) is 0.660. The monoisotopic (exact) mass is 348 g/mol. The minimum Gasteiger partial charge on any atom is -0.336 e. The van der Waals surface area contributed by atoms with Crippen LogP contribution < -0.4 is 16.0 Å². The number of quaternary nitrogens is 1. The van der Waals surface area contributed by atoms with Crippen LogP contribution in [0.1, 0.15) is 71.0 Å². The third-order valence-electron chi connectivity index (χ3n) is 4.45. The van der Waals surface area contributed by atoms with E-state index in [1.807, 2.05) is 19.2 Å². The highest BCUT2D eigenvalue weighted by Gasteiger charge is 2.21. The van der Waals surface area contributed by atoms with Gasteiger partial charge in [-0.3, -0.25) is 10.1 Å². The highest BCUT2D eigenvalue weighted by Crippen LogP contribution is 2.22. The summed E-state index contributed by atoms with van der Waals surface area (Å²) in [6, 6.07) is 8.44. The number of hydrogen-bond donors (Lipinski definition) is 3. The molecule has 5 nitrogen and oxygen atoms in total. The summed E-state index contributed by atoms with van der Waals surface area (Å²) < 4.78 is 0. The first kappa shape index (κ1) is 21.2. The second kappa shape index (κ2) is 10.2. The van der Waals surface area contributed by atoms with Gasteiger partial charge in [-0.05, 0) is 31.7 Å². The quantitative estimate of drug-likeness (QED) is 0.676. The number of urea groups is 1. The molecule has 0 radical (unpaired) electrons. The van der Waals surface area contributed by atoms with Crippen molar-refractivity contribution >= 4 is 11.9 Å². The molecule has 0 spiro atoms. The van der Waals surface area contributed by atoms with Crippen LogP contribution in [0.3, 0.4) is 0 Å². The van der Waals surface area contributed by atoms with Crippen LogP contribution in [0.5, 0.6) is 0 Å². The average molecular weight is 349 g/mol. The van der Waals surface area contributed by atoms with Crippen molar-refractivity contribution in [3.8, 4) is 0 Å². The first-order valence-electron chi connectivity index (χ1n) is 9.28. The molecule has 2 atom stereocenters. The van der Waals surface area contributed by atoms with Crippen molar-refractivity contribution in [2.75, 3.05) is 6.54 Å². The average Bonchev–Trinajstić information content (AvgIpc) is 2.53. The molecule has 0 fully saturated rings. The van der Waals surface area contributed by atoms with E-state index in [0.717, 1.165) is 6.42 Å². The number of amides is 3. The molecular weight excluding hydrogens is 314 g/mol. The normalized spacial score (nSPS) is 13.6. The molecule has 0 aliphatic rings. The number of rotatable bonds is 8. The molecule has 0 aliphatic carbocycles. The minimum absolute atomic E-state index is 0.00391. The second-order valence-corrected chi connectivity index (χ2v) is 7.36. The third-order valence-corrected chi connectivity index (χ3v) is 4.45. The minimum atomic E-state index is -0.438. The zero-order chi connectivity index (χ0) is 19.0. The number of carbonyl (C=O) groups is 2. The zero-order valence-electron chi connectivity index (χ0n) is 16.4. The highest BCUT2D eigenvalue weighted by molar-refractivity contribution is 5.94. The molecule has 0 saturated heterocycles. The molecular formula is C20H34N3O2+. The summed E-state index contributed by atoms with van der Waals surface area (Å²) in [6.07, 6.45) is 1.12. The Morgan fingerprint density at radius 1 is 1.00 bits per heavy atom. The zero-order valence-corrected chi connectivity index (χ0v) is 16.4. The molecule has 3 amide bonds. The standard InChI is InChI=1S/C20H33N3O2/c1-7-15(6)16-8-10-17(11-9-16)19(13(2)3)21-12-18(24)23-20(25)22-14(4)5/h8-11,13-15,19,21H,7,12H2,1-6H3,(H2,22,23,24,25)/p+1/t15-,19+/m1/s1. The Balaban J connectivity index is 2.65. The van der Waals surface area contributed by atoms with Crippen LogP contribution >= 0.6 is 0 Å². The van der Waals surface area contributed by atoms with Gasteiger partial charge in [0.2, 0.25) is 0 Å². The molecule has 1 aromatic carbocycles. The predicted octanol–water partition coefficient (Wildman–Crippen LogP) is 2.69. The fourth-order valence-electron chi connectivity index (χ4n) is 2.79. The Kier molecular flexibility index (Phi) is 8.62. The van der Waals surface area contributed by atoms with Crippen LogP contribution in [0, 0.1) is 5.92 Å². The molecule has 4 N–H and O–H groups in total. The van der Waals surface area contributed by atoms with Crippen molar-refractivity contribution in [2.24, 2.45) is 5.92 Å². The van der Waals surface area contributed by atoms with E-state index >= 15 is 0 Å².